The van der Waals surface area contributed by atoms with Gasteiger partial charge in [0.1, 0.15) is 29.9 Å². The topological polar surface area (TPSA) is 141 Å². The molecule has 7 rings (SSSR count). The number of benzene rings is 5. The summed E-state index contributed by atoms with van der Waals surface area (Å²) in [5.74, 6) is -1.71. The Balaban J connectivity index is 1.21. The minimum absolute atomic E-state index is 0.0976. The van der Waals surface area contributed by atoms with Crippen molar-refractivity contribution in [3.63, 3.8) is 0 Å². The van der Waals surface area contributed by atoms with Crippen LogP contribution >= 0.6 is 0 Å². The minimum atomic E-state index is -3.29. The Bertz CT molecular complexity index is 2430. The zero-order valence-electron chi connectivity index (χ0n) is 35.4. The van der Waals surface area contributed by atoms with Crippen LogP contribution in [0.5, 0.6) is 5.75 Å². The number of β-lactam (4-membered cyclic amide) rings is 1. The first kappa shape index (κ1) is 44.6. The van der Waals surface area contributed by atoms with Gasteiger partial charge >= 0.3 is 5.97 Å². The third-order valence-electron chi connectivity index (χ3n) is 11.4. The SMILES string of the molecule is CC(=O)O[C@@H](CCC1C(=O)N(c2ccc(CCCNS(C)(=O)=O)cc2)C1c1ccc(-c2ccc(C3(O)COC(C)(C)OC3)cc2)cc1OCc1ccccc1)c1ccc(F)cc1. The van der Waals surface area contributed by atoms with Crippen LogP contribution in [-0.2, 0) is 52.5 Å². The number of carbonyl (C=O) groups is 2. The number of aliphatic hydroxyl groups is 1. The lowest BCUT2D eigenvalue weighted by molar-refractivity contribution is -0.305. The fraction of sp³-hybridized carbons (Fsp3) is 0.347. The number of esters is 1. The highest BCUT2D eigenvalue weighted by atomic mass is 32.2. The van der Waals surface area contributed by atoms with Gasteiger partial charge in [0.2, 0.25) is 15.9 Å². The van der Waals surface area contributed by atoms with Crippen LogP contribution in [0, 0.1) is 11.7 Å². The highest BCUT2D eigenvalue weighted by Gasteiger charge is 2.50. The molecule has 2 aliphatic rings. The molecule has 11 nitrogen and oxygen atoms in total. The van der Waals surface area contributed by atoms with Gasteiger partial charge in [0.05, 0.1) is 31.4 Å². The normalized spacial score (nSPS) is 18.7. The van der Waals surface area contributed by atoms with E-state index in [0.29, 0.717) is 54.8 Å². The summed E-state index contributed by atoms with van der Waals surface area (Å²) in [5.41, 5.74) is 5.20. The van der Waals surface area contributed by atoms with Crippen LogP contribution in [0.1, 0.15) is 80.0 Å². The first-order valence-electron chi connectivity index (χ1n) is 20.8. The molecule has 2 fully saturated rings. The average molecular weight is 865 g/mol. The summed E-state index contributed by atoms with van der Waals surface area (Å²) in [6.07, 6.45) is 2.36. The second-order valence-corrected chi connectivity index (χ2v) is 18.4. The fourth-order valence-corrected chi connectivity index (χ4v) is 8.49. The Morgan fingerprint density at radius 1 is 0.903 bits per heavy atom. The number of anilines is 1. The zero-order valence-corrected chi connectivity index (χ0v) is 36.2. The molecule has 62 heavy (non-hydrogen) atoms. The summed E-state index contributed by atoms with van der Waals surface area (Å²) >= 11 is 0. The van der Waals surface area contributed by atoms with Crippen LogP contribution in [0.3, 0.4) is 0 Å². The molecule has 0 saturated carbocycles. The molecule has 1 amide bonds. The number of sulfonamides is 1. The Morgan fingerprint density at radius 3 is 2.21 bits per heavy atom. The van der Waals surface area contributed by atoms with Crippen LogP contribution in [-0.4, -0.2) is 57.2 Å². The number of rotatable bonds is 17. The molecule has 13 heteroatoms. The van der Waals surface area contributed by atoms with Crippen LogP contribution in [0.2, 0.25) is 0 Å². The van der Waals surface area contributed by atoms with Crippen molar-refractivity contribution >= 4 is 27.6 Å². The van der Waals surface area contributed by atoms with E-state index in [1.165, 1.54) is 19.1 Å². The first-order chi connectivity index (χ1) is 29.6. The smallest absolute Gasteiger partial charge is 0.303 e. The number of aryl methyl sites for hydroxylation is 1. The number of carbonyl (C=O) groups excluding carboxylic acids is 2. The lowest BCUT2D eigenvalue weighted by Crippen LogP contribution is -2.55. The Labute approximate surface area is 362 Å². The van der Waals surface area contributed by atoms with Crippen molar-refractivity contribution in [1.29, 1.82) is 0 Å². The van der Waals surface area contributed by atoms with Crippen molar-refractivity contribution in [2.45, 2.75) is 76.6 Å². The predicted octanol–water partition coefficient (Wildman–Crippen LogP) is 8.31. The molecule has 326 valence electrons. The maximum atomic E-state index is 14.4. The van der Waals surface area contributed by atoms with Crippen molar-refractivity contribution < 1.29 is 46.5 Å². The summed E-state index contributed by atoms with van der Waals surface area (Å²) in [5, 5.41) is 11.4. The highest BCUT2D eigenvalue weighted by molar-refractivity contribution is 7.88. The molecule has 0 radical (unpaired) electrons. The van der Waals surface area contributed by atoms with E-state index in [1.54, 1.807) is 17.0 Å². The molecule has 2 saturated heterocycles. The molecule has 0 aliphatic carbocycles. The Morgan fingerprint density at radius 2 is 1.56 bits per heavy atom. The summed E-state index contributed by atoms with van der Waals surface area (Å²) in [6.45, 7) is 5.74. The number of ether oxygens (including phenoxy) is 4. The molecule has 2 heterocycles. The van der Waals surface area contributed by atoms with Crippen molar-refractivity contribution in [2.24, 2.45) is 5.92 Å². The van der Waals surface area contributed by atoms with Crippen LogP contribution in [0.4, 0.5) is 10.1 Å². The molecule has 2 N–H and O–H groups in total. The Hall–Kier alpha value is -5.44. The molecule has 3 atom stereocenters. The standard InChI is InChI=1S/C49H53FN2O9S/c1-33(53)61-44(37-16-21-40(50)22-17-37)27-26-43-46(52(47(43)54)41-23-12-34(13-24-41)11-8-28-51-62(4,56)57)42-25-18-38(29-45(42)58-30-35-9-6-5-7-10-35)36-14-19-39(20-15-36)49(55)31-59-48(2,3)60-32-49/h5-7,9-10,12-25,29,43-44,46,51,55H,8,11,26-28,30-32H2,1-4H3/t43?,44-,46?/m0/s1. The van der Waals surface area contributed by atoms with Crippen molar-refractivity contribution in [2.75, 3.05) is 30.9 Å². The van der Waals surface area contributed by atoms with Gasteiger partial charge in [-0.1, -0.05) is 91.0 Å². The molecule has 2 aliphatic heterocycles. The summed E-state index contributed by atoms with van der Waals surface area (Å²) in [4.78, 5) is 28.4. The minimum Gasteiger partial charge on any atom is -0.489 e. The predicted molar refractivity (Wildman–Crippen MR) is 234 cm³/mol. The van der Waals surface area contributed by atoms with E-state index in [9.17, 15) is 27.5 Å². The van der Waals surface area contributed by atoms with Crippen molar-refractivity contribution in [3.05, 3.63) is 155 Å². The van der Waals surface area contributed by atoms with Gasteiger partial charge in [-0.2, -0.15) is 0 Å². The first-order valence-corrected chi connectivity index (χ1v) is 22.7. The molecule has 0 spiro atoms. The number of halogens is 1. The average Bonchev–Trinajstić information content (AvgIpc) is 3.25. The zero-order chi connectivity index (χ0) is 44.1. The van der Waals surface area contributed by atoms with Gasteiger partial charge in [0, 0.05) is 24.7 Å². The molecular formula is C49H53FN2O9S. The number of nitrogens with zero attached hydrogens (tertiary/aromatic N) is 1. The summed E-state index contributed by atoms with van der Waals surface area (Å²) in [6, 6.07) is 36.4. The quantitative estimate of drug-likeness (QED) is 0.0537. The summed E-state index contributed by atoms with van der Waals surface area (Å²) in [7, 11) is -3.29. The van der Waals surface area contributed by atoms with Gasteiger partial charge in [-0.25, -0.2) is 17.5 Å². The van der Waals surface area contributed by atoms with Gasteiger partial charge in [0.15, 0.2) is 5.79 Å². The van der Waals surface area contributed by atoms with Gasteiger partial charge in [-0.15, -0.1) is 0 Å². The van der Waals surface area contributed by atoms with E-state index < -0.39 is 51.3 Å². The molecule has 2 unspecified atom stereocenters. The van der Waals surface area contributed by atoms with E-state index in [0.717, 1.165) is 34.1 Å². The second kappa shape index (κ2) is 18.9. The molecule has 0 bridgehead atoms. The van der Waals surface area contributed by atoms with Crippen molar-refractivity contribution in [1.82, 2.24) is 4.72 Å². The van der Waals surface area contributed by atoms with E-state index in [4.69, 9.17) is 18.9 Å². The molecule has 5 aromatic rings. The monoisotopic (exact) mass is 864 g/mol. The van der Waals surface area contributed by atoms with Gasteiger partial charge < -0.3 is 29.0 Å². The third-order valence-corrected chi connectivity index (χ3v) is 12.1. The van der Waals surface area contributed by atoms with Crippen LogP contribution < -0.4 is 14.4 Å². The van der Waals surface area contributed by atoms with E-state index in [-0.39, 0.29) is 25.7 Å². The number of hydrogen-bond donors (Lipinski definition) is 2. The molecular weight excluding hydrogens is 812 g/mol. The largest absolute Gasteiger partial charge is 0.489 e. The second-order valence-electron chi connectivity index (χ2n) is 16.5. The summed E-state index contributed by atoms with van der Waals surface area (Å²) < 4.78 is 63.4. The van der Waals surface area contributed by atoms with Gasteiger partial charge in [0.25, 0.3) is 0 Å². The third kappa shape index (κ3) is 10.9. The maximum absolute atomic E-state index is 14.4. The van der Waals surface area contributed by atoms with Crippen molar-refractivity contribution in [3.8, 4) is 16.9 Å². The maximum Gasteiger partial charge on any atom is 0.303 e. The van der Waals surface area contributed by atoms with Crippen LogP contribution in [0.25, 0.3) is 11.1 Å². The molecule has 0 aromatic heterocycles. The lowest BCUT2D eigenvalue weighted by atomic mass is 9.77. The number of nitrogens with one attached hydrogen (secondary N) is 1. The van der Waals surface area contributed by atoms with E-state index >= 15 is 0 Å². The highest BCUT2D eigenvalue weighted by Crippen LogP contribution is 2.50. The number of hydrogen-bond acceptors (Lipinski definition) is 9. The van der Waals surface area contributed by atoms with Gasteiger partial charge in [-0.05, 0) is 103 Å². The fourth-order valence-electron chi connectivity index (χ4n) is 7.98. The Kier molecular flexibility index (Phi) is 13.6. The molecule has 5 aromatic carbocycles. The number of amides is 1. The van der Waals surface area contributed by atoms with Crippen LogP contribution in [0.15, 0.2) is 121 Å². The van der Waals surface area contributed by atoms with Gasteiger partial charge in [-0.3, -0.25) is 9.59 Å². The van der Waals surface area contributed by atoms with E-state index in [1.807, 2.05) is 111 Å². The lowest BCUT2D eigenvalue weighted by Gasteiger charge is -2.48. The van der Waals surface area contributed by atoms with E-state index in [2.05, 4.69) is 4.72 Å².